The van der Waals surface area contributed by atoms with E-state index in [2.05, 4.69) is 4.98 Å². The Morgan fingerprint density at radius 2 is 1.95 bits per heavy atom. The average molecular weight is 280 g/mol. The molecule has 19 heavy (non-hydrogen) atoms. The molecule has 1 aromatic rings. The van der Waals surface area contributed by atoms with Crippen molar-refractivity contribution in [1.29, 1.82) is 0 Å². The number of hydrogen-bond donors (Lipinski definition) is 2. The number of hydrogen-bond acceptors (Lipinski definition) is 4. The second kappa shape index (κ2) is 6.70. The van der Waals surface area contributed by atoms with Crippen LogP contribution in [0.15, 0.2) is 11.5 Å². The highest BCUT2D eigenvalue weighted by molar-refractivity contribution is 7.13. The van der Waals surface area contributed by atoms with Crippen molar-refractivity contribution in [2.24, 2.45) is 5.92 Å². The highest BCUT2D eigenvalue weighted by Gasteiger charge is 2.17. The van der Waals surface area contributed by atoms with Gasteiger partial charge in [0.1, 0.15) is 0 Å². The summed E-state index contributed by atoms with van der Waals surface area (Å²) in [4.78, 5) is 15.5. The number of nitrogens with zero attached hydrogens (tertiary/aromatic N) is 1. The fraction of sp³-hybridized carbons (Fsp3) is 0.571. The number of nitrogen functional groups attached to an aromatic ring is 1. The largest absolute Gasteiger partial charge is 0.478 e. The quantitative estimate of drug-likeness (QED) is 0.830. The first kappa shape index (κ1) is 14.1. The summed E-state index contributed by atoms with van der Waals surface area (Å²) >= 11 is 1.28. The third kappa shape index (κ3) is 4.06. The molecule has 0 spiro atoms. The normalized spacial score (nSPS) is 18.8. The van der Waals surface area contributed by atoms with Gasteiger partial charge < -0.3 is 10.8 Å². The van der Waals surface area contributed by atoms with Gasteiger partial charge in [0.15, 0.2) is 5.13 Å². The summed E-state index contributed by atoms with van der Waals surface area (Å²) in [5.74, 6) is -0.554. The van der Waals surface area contributed by atoms with E-state index in [0.29, 0.717) is 22.3 Å². The molecule has 0 unspecified atom stereocenters. The summed E-state index contributed by atoms with van der Waals surface area (Å²) in [6, 6.07) is 0. The van der Waals surface area contributed by atoms with Crippen LogP contribution in [0.5, 0.6) is 0 Å². The third-order valence-corrected chi connectivity index (χ3v) is 4.25. The van der Waals surface area contributed by atoms with Gasteiger partial charge in [0.25, 0.3) is 0 Å². The fourth-order valence-electron chi connectivity index (χ4n) is 2.57. The maximum absolute atomic E-state index is 11.4. The van der Waals surface area contributed by atoms with Crippen molar-refractivity contribution in [3.05, 3.63) is 17.2 Å². The average Bonchev–Trinajstić information content (AvgIpc) is 2.73. The molecule has 3 N–H and O–H groups in total. The molecular formula is C14H20N2O2S. The Hall–Kier alpha value is -1.36. The van der Waals surface area contributed by atoms with E-state index in [1.165, 1.54) is 43.4 Å². The van der Waals surface area contributed by atoms with E-state index in [-0.39, 0.29) is 0 Å². The van der Waals surface area contributed by atoms with E-state index >= 15 is 0 Å². The molecule has 1 fully saturated rings. The Morgan fingerprint density at radius 1 is 1.32 bits per heavy atom. The van der Waals surface area contributed by atoms with Crippen LogP contribution in [-0.4, -0.2) is 16.1 Å². The van der Waals surface area contributed by atoms with Crippen molar-refractivity contribution < 1.29 is 9.90 Å². The van der Waals surface area contributed by atoms with Crippen molar-refractivity contribution in [3.63, 3.8) is 0 Å². The van der Waals surface area contributed by atoms with Gasteiger partial charge in [-0.3, -0.25) is 0 Å². The maximum Gasteiger partial charge on any atom is 0.337 e. The lowest BCUT2D eigenvalue weighted by Gasteiger charge is -2.16. The predicted molar refractivity (Wildman–Crippen MR) is 77.9 cm³/mol. The Kier molecular flexibility index (Phi) is 4.96. The second-order valence-corrected chi connectivity index (χ2v) is 5.95. The fourth-order valence-corrected chi connectivity index (χ4v) is 3.13. The van der Waals surface area contributed by atoms with E-state index in [9.17, 15) is 9.90 Å². The molecule has 1 aliphatic rings. The van der Waals surface area contributed by atoms with Crippen molar-refractivity contribution in [1.82, 2.24) is 4.98 Å². The molecule has 104 valence electrons. The zero-order valence-electron chi connectivity index (χ0n) is 11.0. The van der Waals surface area contributed by atoms with Gasteiger partial charge in [-0.15, -0.1) is 11.3 Å². The molecule has 4 nitrogen and oxygen atoms in total. The molecule has 1 heterocycles. The van der Waals surface area contributed by atoms with Crippen LogP contribution >= 0.6 is 11.3 Å². The number of nitrogens with two attached hydrogens (primary N) is 1. The standard InChI is InChI=1S/C14H20N2O2S/c15-14-16-12(9-19-14)11(13(17)18)8-10-6-4-2-1-3-5-7-10/h8-10H,1-7H2,(H2,15,16)(H,17,18)/b11-8-. The van der Waals surface area contributed by atoms with Crippen molar-refractivity contribution in [2.45, 2.75) is 44.9 Å². The van der Waals surface area contributed by atoms with E-state index in [1.807, 2.05) is 6.08 Å². The van der Waals surface area contributed by atoms with Crippen molar-refractivity contribution >= 4 is 28.0 Å². The lowest BCUT2D eigenvalue weighted by molar-refractivity contribution is -0.130. The van der Waals surface area contributed by atoms with Crippen molar-refractivity contribution in [3.8, 4) is 0 Å². The van der Waals surface area contributed by atoms with Gasteiger partial charge in [-0.1, -0.05) is 38.2 Å². The van der Waals surface area contributed by atoms with Gasteiger partial charge in [0, 0.05) is 5.38 Å². The SMILES string of the molecule is Nc1nc(/C(=C/C2CCCCCCC2)C(=O)O)cs1. The van der Waals surface area contributed by atoms with Crippen molar-refractivity contribution in [2.75, 3.05) is 5.73 Å². The number of carbonyl (C=O) groups is 1. The van der Waals surface area contributed by atoms with Gasteiger partial charge in [0.2, 0.25) is 0 Å². The Balaban J connectivity index is 2.17. The van der Waals surface area contributed by atoms with E-state index in [0.717, 1.165) is 12.8 Å². The molecule has 2 rings (SSSR count). The number of allylic oxidation sites excluding steroid dienone is 1. The number of anilines is 1. The summed E-state index contributed by atoms with van der Waals surface area (Å²) in [6.45, 7) is 0. The summed E-state index contributed by atoms with van der Waals surface area (Å²) in [7, 11) is 0. The highest BCUT2D eigenvalue weighted by atomic mass is 32.1. The molecule has 0 amide bonds. The number of rotatable bonds is 3. The molecule has 1 saturated carbocycles. The second-order valence-electron chi connectivity index (χ2n) is 5.06. The minimum Gasteiger partial charge on any atom is -0.478 e. The van der Waals surface area contributed by atoms with E-state index in [1.54, 1.807) is 5.38 Å². The smallest absolute Gasteiger partial charge is 0.337 e. The molecule has 1 aromatic heterocycles. The molecule has 0 aromatic carbocycles. The van der Waals surface area contributed by atoms with Crippen LogP contribution in [0, 0.1) is 5.92 Å². The Morgan fingerprint density at radius 3 is 2.47 bits per heavy atom. The van der Waals surface area contributed by atoms with Crippen LogP contribution in [0.1, 0.15) is 50.6 Å². The van der Waals surface area contributed by atoms with Gasteiger partial charge in [-0.25, -0.2) is 9.78 Å². The minimum absolute atomic E-state index is 0.304. The van der Waals surface area contributed by atoms with Crippen LogP contribution in [-0.2, 0) is 4.79 Å². The summed E-state index contributed by atoms with van der Waals surface area (Å²) in [5, 5.41) is 11.5. The lowest BCUT2D eigenvalue weighted by atomic mass is 9.89. The number of aromatic nitrogens is 1. The number of carboxylic acid groups (broad SMARTS) is 1. The zero-order chi connectivity index (χ0) is 13.7. The summed E-state index contributed by atoms with van der Waals surface area (Å²) < 4.78 is 0. The van der Waals surface area contributed by atoms with Gasteiger partial charge >= 0.3 is 5.97 Å². The van der Waals surface area contributed by atoms with E-state index in [4.69, 9.17) is 5.73 Å². The maximum atomic E-state index is 11.4. The Bertz CT molecular complexity index is 460. The molecule has 0 saturated heterocycles. The summed E-state index contributed by atoms with van der Waals surface area (Å²) in [6.07, 6.45) is 10.3. The first-order chi connectivity index (χ1) is 9.16. The summed E-state index contributed by atoms with van der Waals surface area (Å²) in [5.41, 5.74) is 6.38. The van der Waals surface area contributed by atoms with Gasteiger partial charge in [0.05, 0.1) is 11.3 Å². The monoisotopic (exact) mass is 280 g/mol. The first-order valence-corrected chi connectivity index (χ1v) is 7.71. The lowest BCUT2D eigenvalue weighted by Crippen LogP contribution is -2.06. The highest BCUT2D eigenvalue weighted by Crippen LogP contribution is 2.27. The minimum atomic E-state index is -0.910. The van der Waals surface area contributed by atoms with Crippen LogP contribution < -0.4 is 5.73 Å². The molecule has 0 radical (unpaired) electrons. The molecule has 0 atom stereocenters. The van der Waals surface area contributed by atoms with Gasteiger partial charge in [-0.05, 0) is 18.8 Å². The number of thiazole rings is 1. The Labute approximate surface area is 117 Å². The molecule has 5 heteroatoms. The van der Waals surface area contributed by atoms with Crippen LogP contribution in [0.2, 0.25) is 0 Å². The zero-order valence-corrected chi connectivity index (χ0v) is 11.8. The third-order valence-electron chi connectivity index (χ3n) is 3.58. The first-order valence-electron chi connectivity index (χ1n) is 6.83. The van der Waals surface area contributed by atoms with Crippen LogP contribution in [0.25, 0.3) is 5.57 Å². The predicted octanol–water partition coefficient (Wildman–Crippen LogP) is 3.55. The molecule has 0 bridgehead atoms. The van der Waals surface area contributed by atoms with Gasteiger partial charge in [-0.2, -0.15) is 0 Å². The molecule has 0 aliphatic heterocycles. The van der Waals surface area contributed by atoms with Crippen LogP contribution in [0.3, 0.4) is 0 Å². The number of aliphatic carboxylic acids is 1. The topological polar surface area (TPSA) is 76.2 Å². The van der Waals surface area contributed by atoms with E-state index < -0.39 is 5.97 Å². The van der Waals surface area contributed by atoms with Crippen LogP contribution in [0.4, 0.5) is 5.13 Å². The molecule has 1 aliphatic carbocycles. The number of carboxylic acids is 1. The molecular weight excluding hydrogens is 260 g/mol.